The number of ether oxygens (including phenoxy) is 2. The lowest BCUT2D eigenvalue weighted by Crippen LogP contribution is -2.36. The molecule has 27 heavy (non-hydrogen) atoms. The number of hydrogen-bond donors (Lipinski definition) is 1. The Morgan fingerprint density at radius 3 is 2.63 bits per heavy atom. The highest BCUT2D eigenvalue weighted by atomic mass is 32.2. The van der Waals surface area contributed by atoms with Gasteiger partial charge in [-0.1, -0.05) is 18.2 Å². The van der Waals surface area contributed by atoms with Crippen LogP contribution >= 0.6 is 0 Å². The molecule has 0 radical (unpaired) electrons. The van der Waals surface area contributed by atoms with Gasteiger partial charge in [-0.3, -0.25) is 22.7 Å². The van der Waals surface area contributed by atoms with Crippen molar-refractivity contribution in [2.24, 2.45) is 0 Å². The summed E-state index contributed by atoms with van der Waals surface area (Å²) in [6, 6.07) is 9.53. The SMILES string of the molecule is O=C(OC[C@@H]1O[C@H](n2ccc(=O)[nH]c2=O)[C@H]2O[S@@](=O)O[C@H]21)c1ccccc1. The molecule has 5 atom stereocenters. The van der Waals surface area contributed by atoms with E-state index in [1.807, 2.05) is 0 Å². The Kier molecular flexibility index (Phi) is 4.74. The lowest BCUT2D eigenvalue weighted by Gasteiger charge is -2.18. The molecular weight excluding hydrogens is 380 g/mol. The van der Waals surface area contributed by atoms with Crippen molar-refractivity contribution in [3.8, 4) is 0 Å². The van der Waals surface area contributed by atoms with E-state index in [2.05, 4.69) is 4.98 Å². The lowest BCUT2D eigenvalue weighted by molar-refractivity contribution is -0.0612. The number of esters is 1. The van der Waals surface area contributed by atoms with Gasteiger partial charge in [-0.15, -0.1) is 0 Å². The molecule has 4 rings (SSSR count). The summed E-state index contributed by atoms with van der Waals surface area (Å²) in [6.45, 7) is -0.190. The van der Waals surface area contributed by atoms with Crippen LogP contribution in [0.2, 0.25) is 0 Å². The number of rotatable bonds is 4. The first-order valence-electron chi connectivity index (χ1n) is 7.98. The van der Waals surface area contributed by atoms with Crippen molar-refractivity contribution in [2.45, 2.75) is 24.5 Å². The summed E-state index contributed by atoms with van der Waals surface area (Å²) in [5, 5.41) is 0. The van der Waals surface area contributed by atoms with E-state index in [4.69, 9.17) is 17.8 Å². The summed E-state index contributed by atoms with van der Waals surface area (Å²) in [5.74, 6) is -0.555. The standard InChI is InChI=1S/C16H14N2O8S/c19-11-6-7-18(16(21)17-11)14-13-12(25-27(22)26-13)10(24-14)8-23-15(20)9-4-2-1-3-5-9/h1-7,10,12-14H,8H2,(H,17,19,21)/t10-,12-,13-,14-,27-/m0/s1. The molecule has 3 heterocycles. The van der Waals surface area contributed by atoms with Crippen molar-refractivity contribution >= 4 is 17.3 Å². The number of aromatic amines is 1. The summed E-state index contributed by atoms with van der Waals surface area (Å²) in [6.07, 6.45) is -2.23. The van der Waals surface area contributed by atoms with Crippen molar-refractivity contribution in [2.75, 3.05) is 6.61 Å². The predicted molar refractivity (Wildman–Crippen MR) is 89.8 cm³/mol. The number of hydrogen-bond acceptors (Lipinski definition) is 8. The molecule has 11 heteroatoms. The molecule has 142 valence electrons. The minimum atomic E-state index is -2.02. The molecular formula is C16H14N2O8S. The minimum Gasteiger partial charge on any atom is -0.459 e. The van der Waals surface area contributed by atoms with Crippen LogP contribution in [0, 0.1) is 0 Å². The Bertz CT molecular complexity index is 988. The average Bonchev–Trinajstić information content (AvgIpc) is 3.18. The third-order valence-corrected chi connectivity index (χ3v) is 4.94. The number of benzene rings is 1. The lowest BCUT2D eigenvalue weighted by atomic mass is 10.1. The molecule has 0 saturated carbocycles. The maximum atomic E-state index is 12.1. The quantitative estimate of drug-likeness (QED) is 0.698. The molecule has 1 aromatic heterocycles. The summed E-state index contributed by atoms with van der Waals surface area (Å²) in [7, 11) is 0. The number of nitrogens with one attached hydrogen (secondary N) is 1. The van der Waals surface area contributed by atoms with Gasteiger partial charge in [0.15, 0.2) is 12.3 Å². The molecule has 2 aliphatic heterocycles. The second kappa shape index (κ2) is 7.19. The Morgan fingerprint density at radius 2 is 1.89 bits per heavy atom. The van der Waals surface area contributed by atoms with Crippen LogP contribution in [0.4, 0.5) is 0 Å². The van der Waals surface area contributed by atoms with Crippen LogP contribution in [-0.4, -0.2) is 44.6 Å². The van der Waals surface area contributed by atoms with Gasteiger partial charge in [-0.2, -0.15) is 4.21 Å². The highest BCUT2D eigenvalue weighted by molar-refractivity contribution is 7.75. The zero-order valence-electron chi connectivity index (χ0n) is 13.7. The number of carbonyl (C=O) groups excluding carboxylic acids is 1. The van der Waals surface area contributed by atoms with Crippen LogP contribution < -0.4 is 11.2 Å². The fraction of sp³-hybridized carbons (Fsp3) is 0.312. The van der Waals surface area contributed by atoms with Gasteiger partial charge < -0.3 is 9.47 Å². The molecule has 2 fully saturated rings. The van der Waals surface area contributed by atoms with Gasteiger partial charge in [0.2, 0.25) is 0 Å². The molecule has 0 bridgehead atoms. The van der Waals surface area contributed by atoms with Gasteiger partial charge in [0, 0.05) is 12.3 Å². The molecule has 0 aliphatic carbocycles. The summed E-state index contributed by atoms with van der Waals surface area (Å²) < 4.78 is 34.1. The van der Waals surface area contributed by atoms with Gasteiger partial charge >= 0.3 is 23.0 Å². The first kappa shape index (κ1) is 17.8. The molecule has 2 aliphatic rings. The number of carbonyl (C=O) groups is 1. The molecule has 10 nitrogen and oxygen atoms in total. The zero-order chi connectivity index (χ0) is 19.0. The first-order valence-corrected chi connectivity index (χ1v) is 8.98. The van der Waals surface area contributed by atoms with E-state index in [1.54, 1.807) is 30.3 Å². The third kappa shape index (κ3) is 3.49. The van der Waals surface area contributed by atoms with Crippen LogP contribution in [0.15, 0.2) is 52.2 Å². The average molecular weight is 394 g/mol. The maximum absolute atomic E-state index is 12.1. The third-order valence-electron chi connectivity index (χ3n) is 4.18. The van der Waals surface area contributed by atoms with E-state index in [-0.39, 0.29) is 6.61 Å². The number of H-pyrrole nitrogens is 1. The Morgan fingerprint density at radius 1 is 1.15 bits per heavy atom. The largest absolute Gasteiger partial charge is 0.459 e. The molecule has 0 spiro atoms. The zero-order valence-corrected chi connectivity index (χ0v) is 14.5. The van der Waals surface area contributed by atoms with Crippen LogP contribution in [0.5, 0.6) is 0 Å². The van der Waals surface area contributed by atoms with E-state index >= 15 is 0 Å². The van der Waals surface area contributed by atoms with Crippen LogP contribution in [0.1, 0.15) is 16.6 Å². The fourth-order valence-corrected chi connectivity index (χ4v) is 3.78. The topological polar surface area (TPSA) is 126 Å². The van der Waals surface area contributed by atoms with E-state index in [9.17, 15) is 18.6 Å². The Balaban J connectivity index is 1.52. The highest BCUT2D eigenvalue weighted by Crippen LogP contribution is 2.38. The summed E-state index contributed by atoms with van der Waals surface area (Å²) in [4.78, 5) is 37.5. The van der Waals surface area contributed by atoms with Gasteiger partial charge in [0.05, 0.1) is 5.56 Å². The normalized spacial score (nSPS) is 29.4. The highest BCUT2D eigenvalue weighted by Gasteiger charge is 2.54. The predicted octanol–water partition coefficient (Wildman–Crippen LogP) is -0.346. The molecule has 1 N–H and O–H groups in total. The van der Waals surface area contributed by atoms with Crippen molar-refractivity contribution in [3.05, 3.63) is 69.0 Å². The van der Waals surface area contributed by atoms with Crippen molar-refractivity contribution in [1.29, 1.82) is 0 Å². The van der Waals surface area contributed by atoms with Crippen LogP contribution in [0.3, 0.4) is 0 Å². The number of aromatic nitrogens is 2. The second-order valence-electron chi connectivity index (χ2n) is 5.87. The summed E-state index contributed by atoms with van der Waals surface area (Å²) >= 11 is -2.02. The second-order valence-corrected chi connectivity index (χ2v) is 6.67. The van der Waals surface area contributed by atoms with E-state index in [0.29, 0.717) is 5.56 Å². The van der Waals surface area contributed by atoms with E-state index in [0.717, 1.165) is 10.6 Å². The van der Waals surface area contributed by atoms with Gasteiger partial charge in [0.25, 0.3) is 5.56 Å². The van der Waals surface area contributed by atoms with Gasteiger partial charge in [0.1, 0.15) is 18.8 Å². The van der Waals surface area contributed by atoms with E-state index in [1.165, 1.54) is 6.20 Å². The van der Waals surface area contributed by atoms with Crippen molar-refractivity contribution in [1.82, 2.24) is 9.55 Å². The number of fused-ring (bicyclic) bond motifs is 1. The van der Waals surface area contributed by atoms with Crippen LogP contribution in [-0.2, 0) is 29.2 Å². The van der Waals surface area contributed by atoms with E-state index < -0.39 is 53.1 Å². The maximum Gasteiger partial charge on any atom is 0.338 e. The molecule has 0 amide bonds. The fourth-order valence-electron chi connectivity index (χ4n) is 2.93. The molecule has 2 aromatic rings. The van der Waals surface area contributed by atoms with Gasteiger partial charge in [-0.25, -0.2) is 9.59 Å². The van der Waals surface area contributed by atoms with Gasteiger partial charge in [-0.05, 0) is 12.1 Å². The Labute approximate surface area is 154 Å². The van der Waals surface area contributed by atoms with Crippen molar-refractivity contribution in [3.63, 3.8) is 0 Å². The minimum absolute atomic E-state index is 0.190. The molecule has 0 unspecified atom stereocenters. The smallest absolute Gasteiger partial charge is 0.338 e. The first-order chi connectivity index (χ1) is 13.0. The monoisotopic (exact) mass is 394 g/mol. The summed E-state index contributed by atoms with van der Waals surface area (Å²) in [5.41, 5.74) is -0.909. The number of nitrogens with zero attached hydrogens (tertiary/aromatic N) is 1. The van der Waals surface area contributed by atoms with Crippen LogP contribution in [0.25, 0.3) is 0 Å². The molecule has 2 saturated heterocycles. The van der Waals surface area contributed by atoms with Crippen molar-refractivity contribution < 1.29 is 26.8 Å². The molecule has 1 aromatic carbocycles. The Hall–Kier alpha value is -2.60.